The average Bonchev–Trinajstić information content (AvgIpc) is 2.40. The van der Waals surface area contributed by atoms with E-state index in [4.69, 9.17) is 22.1 Å². The number of methoxy groups -OCH3 is 1. The van der Waals surface area contributed by atoms with Crippen LogP contribution in [-0.4, -0.2) is 13.1 Å². The van der Waals surface area contributed by atoms with E-state index >= 15 is 0 Å². The first-order chi connectivity index (χ1) is 9.60. The smallest absolute Gasteiger partial charge is 0.316 e. The zero-order valence-corrected chi connectivity index (χ0v) is 11.8. The molecule has 2 aromatic rings. The fourth-order valence-corrected chi connectivity index (χ4v) is 2.13. The number of nitrogens with two attached hydrogens (primary N) is 1. The third kappa shape index (κ3) is 3.50. The van der Waals surface area contributed by atoms with Crippen molar-refractivity contribution in [3.8, 4) is 11.1 Å². The predicted octanol–water partition coefficient (Wildman–Crippen LogP) is 3.64. The van der Waals surface area contributed by atoms with E-state index in [-0.39, 0.29) is 0 Å². The van der Waals surface area contributed by atoms with E-state index in [1.165, 1.54) is 0 Å². The summed E-state index contributed by atoms with van der Waals surface area (Å²) in [4.78, 5) is 10.9. The Morgan fingerprint density at radius 3 is 2.55 bits per heavy atom. The molecule has 0 unspecified atom stereocenters. The molecule has 2 aromatic carbocycles. The molecule has 5 heteroatoms. The van der Waals surface area contributed by atoms with Crippen molar-refractivity contribution in [1.82, 2.24) is 0 Å². The van der Waals surface area contributed by atoms with Gasteiger partial charge in [0.05, 0.1) is 6.61 Å². The molecule has 0 aliphatic rings. The molecule has 20 heavy (non-hydrogen) atoms. The lowest BCUT2D eigenvalue weighted by Gasteiger charge is -2.12. The molecule has 4 nitrogen and oxygen atoms in total. The first-order valence-electron chi connectivity index (χ1n) is 6.04. The van der Waals surface area contributed by atoms with Crippen LogP contribution in [0, 0.1) is 0 Å². The number of nitrogens with one attached hydrogen (secondary N) is 1. The molecule has 0 saturated carbocycles. The Kier molecular flexibility index (Phi) is 4.61. The number of carbonyl (C=O) groups is 1. The molecule has 0 saturated heterocycles. The first kappa shape index (κ1) is 14.4. The molecule has 2 rings (SSSR count). The Balaban J connectivity index is 2.41. The first-order valence-corrected chi connectivity index (χ1v) is 6.42. The SMILES string of the molecule is COCc1cc(NC(N)=O)ccc1-c1ccc(Cl)cc1. The van der Waals surface area contributed by atoms with Gasteiger partial charge in [-0.1, -0.05) is 29.8 Å². The summed E-state index contributed by atoms with van der Waals surface area (Å²) in [6, 6.07) is 12.5. The monoisotopic (exact) mass is 290 g/mol. The number of urea groups is 1. The fraction of sp³-hybridized carbons (Fsp3) is 0.133. The molecule has 0 atom stereocenters. The average molecular weight is 291 g/mol. The third-order valence-corrected chi connectivity index (χ3v) is 3.08. The number of anilines is 1. The van der Waals surface area contributed by atoms with Crippen LogP contribution in [0.25, 0.3) is 11.1 Å². The quantitative estimate of drug-likeness (QED) is 0.903. The number of rotatable bonds is 4. The van der Waals surface area contributed by atoms with Crippen LogP contribution in [0.2, 0.25) is 5.02 Å². The summed E-state index contributed by atoms with van der Waals surface area (Å²) in [6.07, 6.45) is 0. The van der Waals surface area contributed by atoms with E-state index in [9.17, 15) is 4.79 Å². The van der Waals surface area contributed by atoms with Gasteiger partial charge < -0.3 is 15.8 Å². The van der Waals surface area contributed by atoms with Gasteiger partial charge in [0, 0.05) is 17.8 Å². The lowest BCUT2D eigenvalue weighted by molar-refractivity contribution is 0.185. The minimum absolute atomic E-state index is 0.437. The molecule has 3 N–H and O–H groups in total. The van der Waals surface area contributed by atoms with Crippen molar-refractivity contribution >= 4 is 23.3 Å². The number of primary amides is 1. The Morgan fingerprint density at radius 2 is 1.95 bits per heavy atom. The molecule has 104 valence electrons. The number of halogens is 1. The minimum Gasteiger partial charge on any atom is -0.380 e. The van der Waals surface area contributed by atoms with Gasteiger partial charge in [-0.15, -0.1) is 0 Å². The predicted molar refractivity (Wildman–Crippen MR) is 80.8 cm³/mol. The standard InChI is InChI=1S/C15H15ClN2O2/c1-20-9-11-8-13(18-15(17)19)6-7-14(11)10-2-4-12(16)5-3-10/h2-8H,9H2,1H3,(H3,17,18,19). The number of hydrogen-bond acceptors (Lipinski definition) is 2. The van der Waals surface area contributed by atoms with Gasteiger partial charge in [0.15, 0.2) is 0 Å². The van der Waals surface area contributed by atoms with Gasteiger partial charge in [0.2, 0.25) is 0 Å². The zero-order valence-electron chi connectivity index (χ0n) is 11.0. The number of amides is 2. The summed E-state index contributed by atoms with van der Waals surface area (Å²) in [5, 5.41) is 3.24. The molecule has 0 aliphatic heterocycles. The Morgan fingerprint density at radius 1 is 1.25 bits per heavy atom. The molecular formula is C15H15ClN2O2. The maximum atomic E-state index is 10.9. The van der Waals surface area contributed by atoms with Gasteiger partial charge in [0.1, 0.15) is 0 Å². The van der Waals surface area contributed by atoms with Gasteiger partial charge in [-0.25, -0.2) is 4.79 Å². The van der Waals surface area contributed by atoms with Crippen LogP contribution in [0.5, 0.6) is 0 Å². The largest absolute Gasteiger partial charge is 0.380 e. The highest BCUT2D eigenvalue weighted by molar-refractivity contribution is 6.30. The van der Waals surface area contributed by atoms with Gasteiger partial charge in [-0.2, -0.15) is 0 Å². The van der Waals surface area contributed by atoms with E-state index in [0.29, 0.717) is 17.3 Å². The highest BCUT2D eigenvalue weighted by Crippen LogP contribution is 2.28. The van der Waals surface area contributed by atoms with Gasteiger partial charge >= 0.3 is 6.03 Å². The summed E-state index contributed by atoms with van der Waals surface area (Å²) >= 11 is 5.90. The molecule has 0 heterocycles. The summed E-state index contributed by atoms with van der Waals surface area (Å²) in [5.74, 6) is 0. The Bertz CT molecular complexity index is 612. The minimum atomic E-state index is -0.590. The molecule has 0 radical (unpaired) electrons. The van der Waals surface area contributed by atoms with Crippen LogP contribution in [0.4, 0.5) is 10.5 Å². The maximum Gasteiger partial charge on any atom is 0.316 e. The fourth-order valence-electron chi connectivity index (χ4n) is 2.00. The molecule has 0 aromatic heterocycles. The molecule has 0 fully saturated rings. The summed E-state index contributed by atoms with van der Waals surface area (Å²) in [6.45, 7) is 0.437. The lowest BCUT2D eigenvalue weighted by Crippen LogP contribution is -2.19. The van der Waals surface area contributed by atoms with Gasteiger partial charge in [0.25, 0.3) is 0 Å². The Labute approximate surface area is 122 Å². The van der Waals surface area contributed by atoms with Crippen molar-refractivity contribution in [2.45, 2.75) is 6.61 Å². The molecule has 0 spiro atoms. The lowest BCUT2D eigenvalue weighted by atomic mass is 9.99. The van der Waals surface area contributed by atoms with E-state index in [2.05, 4.69) is 5.32 Å². The van der Waals surface area contributed by atoms with E-state index in [1.807, 2.05) is 36.4 Å². The number of benzene rings is 2. The topological polar surface area (TPSA) is 64.3 Å². The van der Waals surface area contributed by atoms with Crippen molar-refractivity contribution < 1.29 is 9.53 Å². The summed E-state index contributed by atoms with van der Waals surface area (Å²) in [7, 11) is 1.62. The van der Waals surface area contributed by atoms with E-state index in [1.54, 1.807) is 13.2 Å². The van der Waals surface area contributed by atoms with Crippen LogP contribution in [-0.2, 0) is 11.3 Å². The maximum absolute atomic E-state index is 10.9. The van der Waals surface area contributed by atoms with Crippen molar-refractivity contribution in [3.05, 3.63) is 53.1 Å². The molecule has 2 amide bonds. The van der Waals surface area contributed by atoms with Crippen LogP contribution in [0.15, 0.2) is 42.5 Å². The number of ether oxygens (including phenoxy) is 1. The normalized spacial score (nSPS) is 10.3. The van der Waals surface area contributed by atoms with Crippen LogP contribution in [0.1, 0.15) is 5.56 Å². The highest BCUT2D eigenvalue weighted by atomic mass is 35.5. The van der Waals surface area contributed by atoms with Crippen LogP contribution in [0.3, 0.4) is 0 Å². The number of carbonyl (C=O) groups excluding carboxylic acids is 1. The van der Waals surface area contributed by atoms with Crippen molar-refractivity contribution in [2.24, 2.45) is 5.73 Å². The second kappa shape index (κ2) is 6.41. The van der Waals surface area contributed by atoms with Crippen molar-refractivity contribution in [2.75, 3.05) is 12.4 Å². The second-order valence-electron chi connectivity index (χ2n) is 4.30. The Hall–Kier alpha value is -2.04. The van der Waals surface area contributed by atoms with Gasteiger partial charge in [-0.3, -0.25) is 0 Å². The van der Waals surface area contributed by atoms with Crippen LogP contribution >= 0.6 is 11.6 Å². The summed E-state index contributed by atoms with van der Waals surface area (Å²) in [5.41, 5.74) is 8.78. The van der Waals surface area contributed by atoms with Gasteiger partial charge in [-0.05, 0) is 41.0 Å². The van der Waals surface area contributed by atoms with E-state index < -0.39 is 6.03 Å². The second-order valence-corrected chi connectivity index (χ2v) is 4.74. The van der Waals surface area contributed by atoms with Crippen molar-refractivity contribution in [3.63, 3.8) is 0 Å². The third-order valence-electron chi connectivity index (χ3n) is 2.83. The highest BCUT2D eigenvalue weighted by Gasteiger charge is 2.07. The molecule has 0 bridgehead atoms. The number of hydrogen-bond donors (Lipinski definition) is 2. The molecule has 0 aliphatic carbocycles. The zero-order chi connectivity index (χ0) is 14.5. The van der Waals surface area contributed by atoms with Crippen LogP contribution < -0.4 is 11.1 Å². The van der Waals surface area contributed by atoms with Crippen molar-refractivity contribution in [1.29, 1.82) is 0 Å². The van der Waals surface area contributed by atoms with E-state index in [0.717, 1.165) is 16.7 Å². The summed E-state index contributed by atoms with van der Waals surface area (Å²) < 4.78 is 5.20. The molecular weight excluding hydrogens is 276 g/mol.